The first-order valence-electron chi connectivity index (χ1n) is 25.6. The SMILES string of the molecule is CC1C=Cc2c(n(-c3ccccc3)c3ccc(N(C4=CC=CC5C=CC=CC45)c4ccc(-c5ccc(N(c6ccc7c(c6)c6ccccc6n7-c6ccccc6)c6cccc7ccccc67)cc5)cc4)cc23)C1. The predicted molar refractivity (Wildman–Crippen MR) is 308 cm³/mol. The fourth-order valence-corrected chi connectivity index (χ4v) is 11.9. The summed E-state index contributed by atoms with van der Waals surface area (Å²) in [6.45, 7) is 2.32. The van der Waals surface area contributed by atoms with Crippen LogP contribution < -0.4 is 9.80 Å². The number of anilines is 5. The Labute approximate surface area is 426 Å². The molecule has 3 unspecified atom stereocenters. The smallest absolute Gasteiger partial charge is 0.0542 e. The minimum atomic E-state index is 0.217. The van der Waals surface area contributed by atoms with Gasteiger partial charge in [0, 0.05) is 84.5 Å². The molecule has 4 nitrogen and oxygen atoms in total. The lowest BCUT2D eigenvalue weighted by molar-refractivity contribution is 0.612. The van der Waals surface area contributed by atoms with Gasteiger partial charge in [-0.1, -0.05) is 171 Å². The number of aromatic nitrogens is 2. The Hall–Kier alpha value is -9.12. The van der Waals surface area contributed by atoms with E-state index in [0.29, 0.717) is 11.8 Å². The molecule has 0 amide bonds. The molecule has 348 valence electrons. The van der Waals surface area contributed by atoms with Gasteiger partial charge < -0.3 is 18.9 Å². The van der Waals surface area contributed by atoms with Crippen molar-refractivity contribution in [1.29, 1.82) is 0 Å². The minimum Gasteiger partial charge on any atom is -0.314 e. The lowest BCUT2D eigenvalue weighted by Gasteiger charge is -2.36. The minimum absolute atomic E-state index is 0.217. The Morgan fingerprint density at radius 1 is 0.425 bits per heavy atom. The highest BCUT2D eigenvalue weighted by Crippen LogP contribution is 2.46. The zero-order valence-corrected chi connectivity index (χ0v) is 40.6. The molecule has 0 fully saturated rings. The first-order valence-corrected chi connectivity index (χ1v) is 25.6. The summed E-state index contributed by atoms with van der Waals surface area (Å²) >= 11 is 0. The first-order chi connectivity index (χ1) is 36.1. The molecule has 3 aliphatic carbocycles. The molecule has 0 bridgehead atoms. The van der Waals surface area contributed by atoms with Crippen molar-refractivity contribution in [2.75, 3.05) is 9.80 Å². The molecule has 0 N–H and O–H groups in total. The van der Waals surface area contributed by atoms with Gasteiger partial charge in [-0.2, -0.15) is 0 Å². The first kappa shape index (κ1) is 42.7. The molecule has 3 aliphatic rings. The van der Waals surface area contributed by atoms with Gasteiger partial charge in [-0.25, -0.2) is 0 Å². The van der Waals surface area contributed by atoms with E-state index in [0.717, 1.165) is 46.1 Å². The molecule has 9 aromatic carbocycles. The third-order valence-corrected chi connectivity index (χ3v) is 15.4. The summed E-state index contributed by atoms with van der Waals surface area (Å²) in [6, 6.07) is 78.0. The van der Waals surface area contributed by atoms with Crippen LogP contribution in [0, 0.1) is 17.8 Å². The van der Waals surface area contributed by atoms with E-state index in [-0.39, 0.29) is 5.92 Å². The van der Waals surface area contributed by atoms with E-state index in [9.17, 15) is 0 Å². The van der Waals surface area contributed by atoms with Gasteiger partial charge in [0.1, 0.15) is 0 Å². The van der Waals surface area contributed by atoms with Crippen LogP contribution in [0.3, 0.4) is 0 Å². The molecule has 2 heterocycles. The maximum Gasteiger partial charge on any atom is 0.0542 e. The van der Waals surface area contributed by atoms with Gasteiger partial charge in [0.25, 0.3) is 0 Å². The monoisotopic (exact) mass is 936 g/mol. The number of nitrogens with zero attached hydrogens (tertiary/aromatic N) is 4. The Morgan fingerprint density at radius 3 is 1.74 bits per heavy atom. The molecule has 11 aromatic rings. The molecular formula is C69H52N4. The van der Waals surface area contributed by atoms with Crippen LogP contribution in [0.15, 0.2) is 267 Å². The molecule has 14 rings (SSSR count). The van der Waals surface area contributed by atoms with E-state index < -0.39 is 0 Å². The highest BCUT2D eigenvalue weighted by atomic mass is 15.2. The van der Waals surface area contributed by atoms with Crippen LogP contribution in [0.25, 0.3) is 72.1 Å². The van der Waals surface area contributed by atoms with Crippen LogP contribution in [0.2, 0.25) is 0 Å². The number of hydrogen-bond acceptors (Lipinski definition) is 2. The Balaban J connectivity index is 0.857. The number of benzene rings is 9. The standard InChI is InChI=1S/C69H52N4/c1-47-30-41-61-63-46-57(40-43-68(63)73(69(61)44-47)53-22-6-3-7-23-53)71(65-29-15-19-51-17-9-11-25-59(51)65)55-37-33-49(34-38-55)48-31-35-54(36-32-48)70(64-28-14-18-50-16-8-10-24-58(50)64)56-39-42-67-62(45-56)60-26-12-13-27-66(60)72(67)52-20-4-2-5-21-52/h2-43,45-47,51,59H,44H2,1H3. The Bertz CT molecular complexity index is 4070. The summed E-state index contributed by atoms with van der Waals surface area (Å²) in [5.41, 5.74) is 17.9. The number of para-hydroxylation sites is 3. The zero-order chi connectivity index (χ0) is 48.4. The third-order valence-electron chi connectivity index (χ3n) is 15.4. The van der Waals surface area contributed by atoms with Crippen molar-refractivity contribution >= 4 is 78.0 Å². The normalized spacial score (nSPS) is 16.8. The van der Waals surface area contributed by atoms with E-state index >= 15 is 0 Å². The van der Waals surface area contributed by atoms with Crippen molar-refractivity contribution in [2.45, 2.75) is 13.3 Å². The predicted octanol–water partition coefficient (Wildman–Crippen LogP) is 18.2. The number of rotatable bonds is 9. The van der Waals surface area contributed by atoms with Gasteiger partial charge in [0.15, 0.2) is 0 Å². The summed E-state index contributed by atoms with van der Waals surface area (Å²) in [6.07, 6.45) is 21.7. The van der Waals surface area contributed by atoms with Crippen LogP contribution in [0.1, 0.15) is 18.2 Å². The maximum atomic E-state index is 2.49. The molecule has 4 heteroatoms. The van der Waals surface area contributed by atoms with Gasteiger partial charge >= 0.3 is 0 Å². The molecule has 3 atom stereocenters. The molecule has 73 heavy (non-hydrogen) atoms. The van der Waals surface area contributed by atoms with Gasteiger partial charge in [0.2, 0.25) is 0 Å². The maximum absolute atomic E-state index is 2.49. The van der Waals surface area contributed by atoms with E-state index in [1.54, 1.807) is 0 Å². The van der Waals surface area contributed by atoms with Gasteiger partial charge in [-0.15, -0.1) is 0 Å². The molecule has 0 spiro atoms. The molecule has 0 saturated heterocycles. The Kier molecular flexibility index (Phi) is 10.3. The fourth-order valence-electron chi connectivity index (χ4n) is 11.9. The van der Waals surface area contributed by atoms with Crippen LogP contribution in [0.5, 0.6) is 0 Å². The summed E-state index contributed by atoms with van der Waals surface area (Å²) in [5.74, 6) is 0.996. The average Bonchev–Trinajstić information content (AvgIpc) is 3.96. The summed E-state index contributed by atoms with van der Waals surface area (Å²) in [7, 11) is 0. The van der Waals surface area contributed by atoms with Crippen molar-refractivity contribution in [3.05, 3.63) is 278 Å². The molecule has 0 aliphatic heterocycles. The lowest BCUT2D eigenvalue weighted by Crippen LogP contribution is -2.27. The van der Waals surface area contributed by atoms with Crippen molar-refractivity contribution < 1.29 is 0 Å². The molecule has 2 aromatic heterocycles. The van der Waals surface area contributed by atoms with E-state index in [1.165, 1.54) is 71.7 Å². The lowest BCUT2D eigenvalue weighted by atomic mass is 9.82. The molecule has 0 saturated carbocycles. The van der Waals surface area contributed by atoms with Crippen molar-refractivity contribution in [2.24, 2.45) is 17.8 Å². The van der Waals surface area contributed by atoms with Crippen LogP contribution in [-0.4, -0.2) is 9.13 Å². The largest absolute Gasteiger partial charge is 0.314 e. The highest BCUT2D eigenvalue weighted by Gasteiger charge is 2.30. The van der Waals surface area contributed by atoms with Crippen LogP contribution >= 0.6 is 0 Å². The summed E-state index contributed by atoms with van der Waals surface area (Å²) in [5, 5.41) is 6.14. The topological polar surface area (TPSA) is 16.3 Å². The second-order valence-corrected chi connectivity index (χ2v) is 19.8. The van der Waals surface area contributed by atoms with Crippen molar-refractivity contribution in [3.63, 3.8) is 0 Å². The van der Waals surface area contributed by atoms with Crippen LogP contribution in [0.4, 0.5) is 28.4 Å². The summed E-state index contributed by atoms with van der Waals surface area (Å²) < 4.78 is 4.87. The molecule has 0 radical (unpaired) electrons. The molecular weight excluding hydrogens is 885 g/mol. The van der Waals surface area contributed by atoms with Crippen LogP contribution in [-0.2, 0) is 6.42 Å². The van der Waals surface area contributed by atoms with Crippen molar-refractivity contribution in [3.8, 4) is 22.5 Å². The fraction of sp³-hybridized carbons (Fsp3) is 0.0725. The van der Waals surface area contributed by atoms with E-state index in [2.05, 4.69) is 293 Å². The second kappa shape index (κ2) is 17.6. The van der Waals surface area contributed by atoms with E-state index in [1.807, 2.05) is 0 Å². The van der Waals surface area contributed by atoms with Crippen molar-refractivity contribution in [1.82, 2.24) is 9.13 Å². The number of allylic oxidation sites excluding steroid dienone is 8. The van der Waals surface area contributed by atoms with E-state index in [4.69, 9.17) is 0 Å². The number of hydrogen-bond donors (Lipinski definition) is 0. The zero-order valence-electron chi connectivity index (χ0n) is 40.6. The van der Waals surface area contributed by atoms with Gasteiger partial charge in [-0.05, 0) is 132 Å². The summed E-state index contributed by atoms with van der Waals surface area (Å²) in [4.78, 5) is 4.92. The quantitative estimate of drug-likeness (QED) is 0.143. The number of fused-ring (bicyclic) bond motifs is 8. The average molecular weight is 937 g/mol. The second-order valence-electron chi connectivity index (χ2n) is 19.8. The highest BCUT2D eigenvalue weighted by molar-refractivity contribution is 6.11. The third kappa shape index (κ3) is 7.28. The Morgan fingerprint density at radius 2 is 0.986 bits per heavy atom. The van der Waals surface area contributed by atoms with Gasteiger partial charge in [0.05, 0.1) is 22.2 Å². The van der Waals surface area contributed by atoms with Gasteiger partial charge in [-0.3, -0.25) is 0 Å².